The van der Waals surface area contributed by atoms with Gasteiger partial charge in [0.1, 0.15) is 11.2 Å². The topological polar surface area (TPSA) is 16.4 Å². The molecule has 1 heterocycles. The van der Waals surface area contributed by atoms with E-state index in [0.29, 0.717) is 0 Å². The van der Waals surface area contributed by atoms with E-state index in [2.05, 4.69) is 102 Å². The Morgan fingerprint density at radius 2 is 1.10 bits per heavy atom. The molecule has 0 spiro atoms. The molecule has 0 unspecified atom stereocenters. The highest BCUT2D eigenvalue weighted by Crippen LogP contribution is 2.39. The molecule has 5 aromatic carbocycles. The first-order valence-corrected chi connectivity index (χ1v) is 10.1. The van der Waals surface area contributed by atoms with Crippen LogP contribution in [0, 0.1) is 0 Å². The molecule has 1 aromatic heterocycles. The first-order chi connectivity index (χ1) is 14.9. The van der Waals surface area contributed by atoms with Crippen molar-refractivity contribution in [1.29, 1.82) is 0 Å². The highest BCUT2D eigenvalue weighted by Gasteiger charge is 2.15. The zero-order valence-corrected chi connectivity index (χ0v) is 16.3. The molecule has 0 radical (unpaired) electrons. The molecule has 0 aliphatic heterocycles. The van der Waals surface area contributed by atoms with Crippen LogP contribution in [0.1, 0.15) is 0 Å². The SMILES string of the molecule is c1ccc(N(c2ccc3ccccc3c2)c2ccc3c(c2)oc2ccccc23)cc1. The predicted molar refractivity (Wildman–Crippen MR) is 126 cm³/mol. The molecular weight excluding hydrogens is 366 g/mol. The van der Waals surface area contributed by atoms with Crippen LogP contribution < -0.4 is 4.90 Å². The van der Waals surface area contributed by atoms with Crippen molar-refractivity contribution in [2.75, 3.05) is 4.90 Å². The maximum absolute atomic E-state index is 6.16. The van der Waals surface area contributed by atoms with E-state index in [0.717, 1.165) is 39.0 Å². The van der Waals surface area contributed by atoms with Crippen molar-refractivity contribution in [2.45, 2.75) is 0 Å². The molecule has 2 heteroatoms. The van der Waals surface area contributed by atoms with Crippen molar-refractivity contribution < 1.29 is 4.42 Å². The first-order valence-electron chi connectivity index (χ1n) is 10.1. The minimum Gasteiger partial charge on any atom is -0.456 e. The monoisotopic (exact) mass is 385 g/mol. The fourth-order valence-electron chi connectivity index (χ4n) is 4.19. The number of nitrogens with zero attached hydrogens (tertiary/aromatic N) is 1. The van der Waals surface area contributed by atoms with Gasteiger partial charge in [-0.1, -0.05) is 66.7 Å². The predicted octanol–water partition coefficient (Wildman–Crippen LogP) is 8.21. The fraction of sp³-hybridized carbons (Fsp3) is 0. The van der Waals surface area contributed by atoms with E-state index in [1.165, 1.54) is 10.8 Å². The average molecular weight is 385 g/mol. The van der Waals surface area contributed by atoms with Crippen molar-refractivity contribution in [3.63, 3.8) is 0 Å². The number of rotatable bonds is 3. The summed E-state index contributed by atoms with van der Waals surface area (Å²) in [6, 6.07) is 40.2. The Kier molecular flexibility index (Phi) is 3.82. The molecule has 0 bridgehead atoms. The van der Waals surface area contributed by atoms with Crippen LogP contribution in [0.2, 0.25) is 0 Å². The van der Waals surface area contributed by atoms with E-state index in [1.54, 1.807) is 0 Å². The Hall–Kier alpha value is -4.04. The Morgan fingerprint density at radius 1 is 0.433 bits per heavy atom. The van der Waals surface area contributed by atoms with Gasteiger partial charge in [0.15, 0.2) is 0 Å². The van der Waals surface area contributed by atoms with Crippen molar-refractivity contribution in [3.05, 3.63) is 115 Å². The highest BCUT2D eigenvalue weighted by molar-refractivity contribution is 6.06. The molecule has 0 fully saturated rings. The molecule has 0 aliphatic carbocycles. The number of benzene rings is 5. The maximum atomic E-state index is 6.16. The zero-order valence-electron chi connectivity index (χ0n) is 16.3. The summed E-state index contributed by atoms with van der Waals surface area (Å²) in [5.74, 6) is 0. The number of anilines is 3. The van der Waals surface area contributed by atoms with Crippen LogP contribution in [0.5, 0.6) is 0 Å². The maximum Gasteiger partial charge on any atom is 0.137 e. The van der Waals surface area contributed by atoms with Gasteiger partial charge in [-0.2, -0.15) is 0 Å². The summed E-state index contributed by atoms with van der Waals surface area (Å²) < 4.78 is 6.16. The Labute approximate surface area is 174 Å². The van der Waals surface area contributed by atoms with Gasteiger partial charge >= 0.3 is 0 Å². The van der Waals surface area contributed by atoms with E-state index >= 15 is 0 Å². The van der Waals surface area contributed by atoms with Crippen molar-refractivity contribution in [2.24, 2.45) is 0 Å². The van der Waals surface area contributed by atoms with Crippen LogP contribution in [-0.4, -0.2) is 0 Å². The van der Waals surface area contributed by atoms with Crippen LogP contribution in [0.4, 0.5) is 17.1 Å². The first kappa shape index (κ1) is 16.9. The lowest BCUT2D eigenvalue weighted by Crippen LogP contribution is -2.09. The molecule has 0 N–H and O–H groups in total. The molecule has 0 saturated heterocycles. The lowest BCUT2D eigenvalue weighted by molar-refractivity contribution is 0.669. The molecule has 30 heavy (non-hydrogen) atoms. The summed E-state index contributed by atoms with van der Waals surface area (Å²) in [5, 5.41) is 4.75. The lowest BCUT2D eigenvalue weighted by atomic mass is 10.1. The van der Waals surface area contributed by atoms with Gasteiger partial charge in [0.25, 0.3) is 0 Å². The van der Waals surface area contributed by atoms with Gasteiger partial charge in [-0.25, -0.2) is 0 Å². The van der Waals surface area contributed by atoms with E-state index in [4.69, 9.17) is 4.42 Å². The summed E-state index contributed by atoms with van der Waals surface area (Å²) in [7, 11) is 0. The molecule has 2 nitrogen and oxygen atoms in total. The molecule has 0 saturated carbocycles. The van der Waals surface area contributed by atoms with Gasteiger partial charge < -0.3 is 9.32 Å². The summed E-state index contributed by atoms with van der Waals surface area (Å²) >= 11 is 0. The second-order valence-electron chi connectivity index (χ2n) is 7.48. The number of fused-ring (bicyclic) bond motifs is 4. The van der Waals surface area contributed by atoms with Gasteiger partial charge in [0.2, 0.25) is 0 Å². The number of hydrogen-bond donors (Lipinski definition) is 0. The van der Waals surface area contributed by atoms with Gasteiger partial charge in [-0.3, -0.25) is 0 Å². The largest absolute Gasteiger partial charge is 0.456 e. The zero-order chi connectivity index (χ0) is 19.9. The molecule has 0 atom stereocenters. The molecule has 6 rings (SSSR count). The van der Waals surface area contributed by atoms with Crippen molar-refractivity contribution in [1.82, 2.24) is 0 Å². The second-order valence-corrected chi connectivity index (χ2v) is 7.48. The third-order valence-electron chi connectivity index (χ3n) is 5.63. The van der Waals surface area contributed by atoms with Crippen LogP contribution in [0.25, 0.3) is 32.7 Å². The van der Waals surface area contributed by atoms with Crippen LogP contribution in [0.3, 0.4) is 0 Å². The molecule has 0 amide bonds. The van der Waals surface area contributed by atoms with Crippen LogP contribution >= 0.6 is 0 Å². The lowest BCUT2D eigenvalue weighted by Gasteiger charge is -2.25. The Morgan fingerprint density at radius 3 is 2.00 bits per heavy atom. The van der Waals surface area contributed by atoms with E-state index in [9.17, 15) is 0 Å². The summed E-state index contributed by atoms with van der Waals surface area (Å²) in [6.45, 7) is 0. The van der Waals surface area contributed by atoms with E-state index in [1.807, 2.05) is 18.2 Å². The quantitative estimate of drug-likeness (QED) is 0.305. The molecule has 6 aromatic rings. The minimum absolute atomic E-state index is 0.899. The van der Waals surface area contributed by atoms with Gasteiger partial charge in [-0.05, 0) is 53.2 Å². The van der Waals surface area contributed by atoms with Crippen molar-refractivity contribution in [3.8, 4) is 0 Å². The van der Waals surface area contributed by atoms with Crippen molar-refractivity contribution >= 4 is 49.8 Å². The molecule has 0 aliphatic rings. The normalized spacial score (nSPS) is 11.3. The van der Waals surface area contributed by atoms with Gasteiger partial charge in [0.05, 0.1) is 0 Å². The Bertz CT molecular complexity index is 1500. The second kappa shape index (κ2) is 6.78. The van der Waals surface area contributed by atoms with E-state index < -0.39 is 0 Å². The number of furan rings is 1. The van der Waals surface area contributed by atoms with Crippen LogP contribution in [0.15, 0.2) is 120 Å². The summed E-state index contributed by atoms with van der Waals surface area (Å²) in [4.78, 5) is 2.28. The highest BCUT2D eigenvalue weighted by atomic mass is 16.3. The molecule has 142 valence electrons. The standard InChI is InChI=1S/C28H19NO/c1-2-10-22(11-3-1)29(23-15-14-20-8-4-5-9-21(20)18-23)24-16-17-26-25-12-6-7-13-27(25)30-28(26)19-24/h1-19H. The Balaban J connectivity index is 1.57. The third-order valence-corrected chi connectivity index (χ3v) is 5.63. The smallest absolute Gasteiger partial charge is 0.137 e. The average Bonchev–Trinajstić information content (AvgIpc) is 3.18. The summed E-state index contributed by atoms with van der Waals surface area (Å²) in [5.41, 5.74) is 5.12. The number of hydrogen-bond acceptors (Lipinski definition) is 2. The van der Waals surface area contributed by atoms with E-state index in [-0.39, 0.29) is 0 Å². The number of para-hydroxylation sites is 2. The van der Waals surface area contributed by atoms with Crippen LogP contribution in [-0.2, 0) is 0 Å². The molecular formula is C28H19NO. The third kappa shape index (κ3) is 2.73. The van der Waals surface area contributed by atoms with Gasteiger partial charge in [-0.15, -0.1) is 0 Å². The fourth-order valence-corrected chi connectivity index (χ4v) is 4.19. The van der Waals surface area contributed by atoms with Gasteiger partial charge in [0, 0.05) is 33.9 Å². The summed E-state index contributed by atoms with van der Waals surface area (Å²) in [6.07, 6.45) is 0. The minimum atomic E-state index is 0.899.